The van der Waals surface area contributed by atoms with Crippen LogP contribution in [-0.4, -0.2) is 5.54 Å². The van der Waals surface area contributed by atoms with Crippen molar-refractivity contribution in [2.24, 2.45) is 17.6 Å². The van der Waals surface area contributed by atoms with E-state index in [9.17, 15) is 0 Å². The van der Waals surface area contributed by atoms with Crippen molar-refractivity contribution in [3.63, 3.8) is 0 Å². The minimum atomic E-state index is 0.0270. The second kappa shape index (κ2) is 5.75. The summed E-state index contributed by atoms with van der Waals surface area (Å²) >= 11 is 3.48. The van der Waals surface area contributed by atoms with Crippen LogP contribution in [0, 0.1) is 11.8 Å². The van der Waals surface area contributed by atoms with Gasteiger partial charge in [-0.15, -0.1) is 0 Å². The summed E-state index contributed by atoms with van der Waals surface area (Å²) in [6.45, 7) is 4.67. The summed E-state index contributed by atoms with van der Waals surface area (Å²) in [5, 5.41) is 0. The third kappa shape index (κ3) is 3.58. The van der Waals surface area contributed by atoms with Crippen LogP contribution in [0.3, 0.4) is 0 Å². The van der Waals surface area contributed by atoms with Gasteiger partial charge in [-0.2, -0.15) is 0 Å². The van der Waals surface area contributed by atoms with Crippen molar-refractivity contribution >= 4 is 15.9 Å². The number of halogens is 1. The van der Waals surface area contributed by atoms with Crippen LogP contribution in [0.4, 0.5) is 0 Å². The molecule has 1 aromatic carbocycles. The Labute approximate surface area is 119 Å². The molecule has 0 aliphatic heterocycles. The summed E-state index contributed by atoms with van der Waals surface area (Å²) in [4.78, 5) is 0. The zero-order valence-electron chi connectivity index (χ0n) is 11.5. The van der Waals surface area contributed by atoms with Crippen LogP contribution in [0.15, 0.2) is 28.7 Å². The Balaban J connectivity index is 1.95. The Morgan fingerprint density at radius 1 is 1.22 bits per heavy atom. The van der Waals surface area contributed by atoms with Crippen molar-refractivity contribution in [1.29, 1.82) is 0 Å². The molecule has 0 bridgehead atoms. The molecule has 1 aliphatic carbocycles. The fourth-order valence-electron chi connectivity index (χ4n) is 3.07. The van der Waals surface area contributed by atoms with Gasteiger partial charge in [-0.25, -0.2) is 0 Å². The van der Waals surface area contributed by atoms with Gasteiger partial charge in [-0.3, -0.25) is 0 Å². The summed E-state index contributed by atoms with van der Waals surface area (Å²) in [6, 6.07) is 8.59. The molecule has 100 valence electrons. The van der Waals surface area contributed by atoms with Gasteiger partial charge in [0.05, 0.1) is 0 Å². The Morgan fingerprint density at radius 3 is 2.28 bits per heavy atom. The van der Waals surface area contributed by atoms with Crippen LogP contribution in [0.2, 0.25) is 0 Å². The molecule has 1 saturated carbocycles. The highest BCUT2D eigenvalue weighted by Gasteiger charge is 2.32. The second-order valence-corrected chi connectivity index (χ2v) is 7.16. The zero-order valence-corrected chi connectivity index (χ0v) is 13.0. The molecule has 0 radical (unpaired) electrons. The van der Waals surface area contributed by atoms with Gasteiger partial charge in [0, 0.05) is 10.0 Å². The van der Waals surface area contributed by atoms with E-state index in [4.69, 9.17) is 5.73 Å². The maximum absolute atomic E-state index is 6.58. The van der Waals surface area contributed by atoms with Crippen molar-refractivity contribution in [1.82, 2.24) is 0 Å². The monoisotopic (exact) mass is 309 g/mol. The average molecular weight is 310 g/mol. The second-order valence-electron chi connectivity index (χ2n) is 6.25. The van der Waals surface area contributed by atoms with E-state index in [0.717, 1.165) is 22.7 Å². The first-order chi connectivity index (χ1) is 8.48. The molecule has 1 nitrogen and oxygen atoms in total. The highest BCUT2D eigenvalue weighted by molar-refractivity contribution is 9.10. The standard InChI is InChI=1S/C16H24BrN/c1-12(2)14-7-9-16(18,10-8-14)11-13-3-5-15(17)6-4-13/h3-6,12,14H,7-11,18H2,1-2H3. The van der Waals surface area contributed by atoms with Gasteiger partial charge in [0.15, 0.2) is 0 Å². The molecule has 2 rings (SSSR count). The van der Waals surface area contributed by atoms with E-state index in [2.05, 4.69) is 54.0 Å². The minimum Gasteiger partial charge on any atom is -0.325 e. The van der Waals surface area contributed by atoms with E-state index in [1.54, 1.807) is 0 Å². The summed E-state index contributed by atoms with van der Waals surface area (Å²) in [5.41, 5.74) is 7.97. The van der Waals surface area contributed by atoms with E-state index in [-0.39, 0.29) is 5.54 Å². The van der Waals surface area contributed by atoms with Crippen molar-refractivity contribution in [3.05, 3.63) is 34.3 Å². The first kappa shape index (κ1) is 14.1. The molecule has 0 heterocycles. The number of rotatable bonds is 3. The third-order valence-electron chi connectivity index (χ3n) is 4.44. The van der Waals surface area contributed by atoms with E-state index in [0.29, 0.717) is 0 Å². The van der Waals surface area contributed by atoms with Crippen molar-refractivity contribution in [2.75, 3.05) is 0 Å². The molecule has 2 N–H and O–H groups in total. The van der Waals surface area contributed by atoms with Gasteiger partial charge in [-0.05, 0) is 61.6 Å². The highest BCUT2D eigenvalue weighted by atomic mass is 79.9. The largest absolute Gasteiger partial charge is 0.325 e. The SMILES string of the molecule is CC(C)C1CCC(N)(Cc2ccc(Br)cc2)CC1. The van der Waals surface area contributed by atoms with Crippen molar-refractivity contribution in [2.45, 2.75) is 51.5 Å². The summed E-state index contributed by atoms with van der Waals surface area (Å²) < 4.78 is 1.14. The molecule has 1 aromatic rings. The summed E-state index contributed by atoms with van der Waals surface area (Å²) in [6.07, 6.45) is 5.96. The lowest BCUT2D eigenvalue weighted by Crippen LogP contribution is -2.45. The van der Waals surface area contributed by atoms with Crippen molar-refractivity contribution < 1.29 is 0 Å². The topological polar surface area (TPSA) is 26.0 Å². The lowest BCUT2D eigenvalue weighted by atomic mass is 9.71. The van der Waals surface area contributed by atoms with Crippen LogP contribution in [-0.2, 0) is 6.42 Å². The van der Waals surface area contributed by atoms with E-state index in [1.165, 1.54) is 31.2 Å². The number of benzene rings is 1. The first-order valence-electron chi connectivity index (χ1n) is 7.02. The van der Waals surface area contributed by atoms with Crippen LogP contribution in [0.25, 0.3) is 0 Å². The molecule has 0 spiro atoms. The molecule has 1 aliphatic rings. The maximum atomic E-state index is 6.58. The number of hydrogen-bond acceptors (Lipinski definition) is 1. The van der Waals surface area contributed by atoms with Crippen LogP contribution in [0.1, 0.15) is 45.1 Å². The van der Waals surface area contributed by atoms with E-state index < -0.39 is 0 Å². The van der Waals surface area contributed by atoms with Crippen LogP contribution in [0.5, 0.6) is 0 Å². The molecule has 0 aromatic heterocycles. The van der Waals surface area contributed by atoms with Gasteiger partial charge < -0.3 is 5.73 Å². The van der Waals surface area contributed by atoms with Gasteiger partial charge in [0.25, 0.3) is 0 Å². The Kier molecular flexibility index (Phi) is 4.50. The molecule has 1 fully saturated rings. The minimum absolute atomic E-state index is 0.0270. The van der Waals surface area contributed by atoms with Crippen LogP contribution >= 0.6 is 15.9 Å². The lowest BCUT2D eigenvalue weighted by molar-refractivity contribution is 0.194. The fourth-order valence-corrected chi connectivity index (χ4v) is 3.33. The fraction of sp³-hybridized carbons (Fsp3) is 0.625. The lowest BCUT2D eigenvalue weighted by Gasteiger charge is -2.38. The number of nitrogens with two attached hydrogens (primary N) is 1. The first-order valence-corrected chi connectivity index (χ1v) is 7.81. The predicted molar refractivity (Wildman–Crippen MR) is 81.6 cm³/mol. The van der Waals surface area contributed by atoms with Gasteiger partial charge in [-0.1, -0.05) is 41.9 Å². The summed E-state index contributed by atoms with van der Waals surface area (Å²) in [7, 11) is 0. The molecule has 0 unspecified atom stereocenters. The zero-order chi connectivity index (χ0) is 13.2. The normalized spacial score (nSPS) is 28.6. The summed E-state index contributed by atoms with van der Waals surface area (Å²) in [5.74, 6) is 1.69. The molecular formula is C16H24BrN. The van der Waals surface area contributed by atoms with Gasteiger partial charge >= 0.3 is 0 Å². The van der Waals surface area contributed by atoms with E-state index in [1.807, 2.05) is 0 Å². The van der Waals surface area contributed by atoms with E-state index >= 15 is 0 Å². The maximum Gasteiger partial charge on any atom is 0.0195 e. The average Bonchev–Trinajstić information content (AvgIpc) is 2.32. The van der Waals surface area contributed by atoms with Crippen molar-refractivity contribution in [3.8, 4) is 0 Å². The Morgan fingerprint density at radius 2 is 1.78 bits per heavy atom. The highest BCUT2D eigenvalue weighted by Crippen LogP contribution is 2.36. The quantitative estimate of drug-likeness (QED) is 0.872. The molecule has 0 atom stereocenters. The van der Waals surface area contributed by atoms with Gasteiger partial charge in [0.1, 0.15) is 0 Å². The third-order valence-corrected chi connectivity index (χ3v) is 4.97. The molecule has 0 amide bonds. The smallest absolute Gasteiger partial charge is 0.0195 e. The Hall–Kier alpha value is -0.340. The Bertz CT molecular complexity index is 375. The molecular weight excluding hydrogens is 286 g/mol. The predicted octanol–water partition coefficient (Wildman–Crippen LogP) is 4.54. The van der Waals surface area contributed by atoms with Crippen LogP contribution < -0.4 is 5.73 Å². The molecule has 0 saturated heterocycles. The molecule has 2 heteroatoms. The number of hydrogen-bond donors (Lipinski definition) is 1. The van der Waals surface area contributed by atoms with Gasteiger partial charge in [0.2, 0.25) is 0 Å². The molecule has 18 heavy (non-hydrogen) atoms.